The van der Waals surface area contributed by atoms with Crippen LogP contribution < -0.4 is 19.5 Å². The number of methoxy groups -OCH3 is 3. The molecule has 0 radical (unpaired) electrons. The Balaban J connectivity index is 1.46. The van der Waals surface area contributed by atoms with E-state index in [1.165, 1.54) is 21.3 Å². The summed E-state index contributed by atoms with van der Waals surface area (Å²) in [5.74, 6) is 2.01. The fraction of sp³-hybridized carbons (Fsp3) is 0.259. The molecule has 1 aromatic heterocycles. The topological polar surface area (TPSA) is 74.6 Å². The minimum atomic E-state index is -0.224. The van der Waals surface area contributed by atoms with Crippen molar-refractivity contribution in [2.75, 3.05) is 27.9 Å². The quantitative estimate of drug-likeness (QED) is 0.264. The lowest BCUT2D eigenvalue weighted by Crippen LogP contribution is -2.25. The second-order valence-corrected chi connectivity index (χ2v) is 8.94. The standard InChI is InChI=1S/C27H27Cl2N3O4/c1-34-23-14-18(15-24(35-2)26(23)36-3)27(33)30-12-6-9-25-31-21-7-4-5-8-22(21)32(25)16-17-10-11-19(28)20(29)13-17/h4-5,7-8,10-11,13-15H,6,9,12,16H2,1-3H3,(H,30,33). The van der Waals surface area contributed by atoms with Gasteiger partial charge in [0.1, 0.15) is 5.82 Å². The van der Waals surface area contributed by atoms with Gasteiger partial charge in [0.15, 0.2) is 11.5 Å². The predicted octanol–water partition coefficient (Wildman–Crippen LogP) is 5.78. The molecule has 0 saturated heterocycles. The number of carbonyl (C=O) groups is 1. The zero-order chi connectivity index (χ0) is 25.7. The maximum absolute atomic E-state index is 12.8. The van der Waals surface area contributed by atoms with E-state index in [-0.39, 0.29) is 5.91 Å². The number of halogens is 2. The van der Waals surface area contributed by atoms with Gasteiger partial charge in [-0.3, -0.25) is 4.79 Å². The lowest BCUT2D eigenvalue weighted by molar-refractivity contribution is 0.0952. The number of nitrogens with zero attached hydrogens (tertiary/aromatic N) is 2. The molecule has 0 aliphatic rings. The van der Waals surface area contributed by atoms with Crippen molar-refractivity contribution in [1.29, 1.82) is 0 Å². The maximum Gasteiger partial charge on any atom is 0.251 e. The summed E-state index contributed by atoms with van der Waals surface area (Å²) in [6.45, 7) is 1.09. The largest absolute Gasteiger partial charge is 0.493 e. The molecule has 0 atom stereocenters. The van der Waals surface area contributed by atoms with Crippen molar-refractivity contribution in [2.45, 2.75) is 19.4 Å². The first-order chi connectivity index (χ1) is 17.4. The zero-order valence-electron chi connectivity index (χ0n) is 20.3. The monoisotopic (exact) mass is 527 g/mol. The predicted molar refractivity (Wildman–Crippen MR) is 142 cm³/mol. The lowest BCUT2D eigenvalue weighted by Gasteiger charge is -2.14. The minimum Gasteiger partial charge on any atom is -0.493 e. The Morgan fingerprint density at radius 3 is 2.33 bits per heavy atom. The first kappa shape index (κ1) is 25.7. The summed E-state index contributed by atoms with van der Waals surface area (Å²) in [6.07, 6.45) is 1.40. The van der Waals surface area contributed by atoms with Crippen molar-refractivity contribution in [3.05, 3.63) is 81.6 Å². The Hall–Kier alpha value is -3.42. The molecule has 36 heavy (non-hydrogen) atoms. The third-order valence-corrected chi connectivity index (χ3v) is 6.59. The average molecular weight is 528 g/mol. The van der Waals surface area contributed by atoms with Crippen LogP contribution >= 0.6 is 23.2 Å². The van der Waals surface area contributed by atoms with Crippen molar-refractivity contribution >= 4 is 40.1 Å². The van der Waals surface area contributed by atoms with Crippen LogP contribution in [0.1, 0.15) is 28.2 Å². The van der Waals surface area contributed by atoms with Crippen LogP contribution in [-0.2, 0) is 13.0 Å². The molecule has 1 amide bonds. The molecule has 0 fully saturated rings. The highest BCUT2D eigenvalue weighted by atomic mass is 35.5. The first-order valence-corrected chi connectivity index (χ1v) is 12.2. The summed E-state index contributed by atoms with van der Waals surface area (Å²) < 4.78 is 18.2. The summed E-state index contributed by atoms with van der Waals surface area (Å²) in [7, 11) is 4.56. The van der Waals surface area contributed by atoms with E-state index < -0.39 is 0 Å². The van der Waals surface area contributed by atoms with Crippen molar-refractivity contribution in [1.82, 2.24) is 14.9 Å². The number of aryl methyl sites for hydroxylation is 1. The molecule has 4 rings (SSSR count). The van der Waals surface area contributed by atoms with Crippen LogP contribution in [0.5, 0.6) is 17.2 Å². The van der Waals surface area contributed by atoms with E-state index in [9.17, 15) is 4.79 Å². The highest BCUT2D eigenvalue weighted by Gasteiger charge is 2.17. The van der Waals surface area contributed by atoms with Crippen molar-refractivity contribution in [2.24, 2.45) is 0 Å². The Labute approximate surface area is 219 Å². The molecule has 188 valence electrons. The average Bonchev–Trinajstić information content (AvgIpc) is 3.24. The van der Waals surface area contributed by atoms with E-state index in [0.29, 0.717) is 58.8 Å². The zero-order valence-corrected chi connectivity index (χ0v) is 21.8. The van der Waals surface area contributed by atoms with Crippen molar-refractivity contribution in [3.63, 3.8) is 0 Å². The van der Waals surface area contributed by atoms with Crippen LogP contribution in [0.4, 0.5) is 0 Å². The van der Waals surface area contributed by atoms with Gasteiger partial charge >= 0.3 is 0 Å². The van der Waals surface area contributed by atoms with Crippen LogP contribution in [-0.4, -0.2) is 43.3 Å². The molecule has 0 spiro atoms. The van der Waals surface area contributed by atoms with Gasteiger partial charge in [-0.2, -0.15) is 0 Å². The normalized spacial score (nSPS) is 10.9. The molecule has 4 aromatic rings. The molecule has 0 aliphatic heterocycles. The fourth-order valence-corrected chi connectivity index (χ4v) is 4.40. The van der Waals surface area contributed by atoms with E-state index in [1.807, 2.05) is 30.3 Å². The number of para-hydroxylation sites is 2. The van der Waals surface area contributed by atoms with E-state index in [0.717, 1.165) is 22.4 Å². The molecule has 0 unspecified atom stereocenters. The highest BCUT2D eigenvalue weighted by molar-refractivity contribution is 6.42. The SMILES string of the molecule is COc1cc(C(=O)NCCCc2nc3ccccc3n2Cc2ccc(Cl)c(Cl)c2)cc(OC)c1OC. The number of fused-ring (bicyclic) bond motifs is 1. The van der Waals surface area contributed by atoms with Gasteiger partial charge in [-0.25, -0.2) is 4.98 Å². The van der Waals surface area contributed by atoms with E-state index in [2.05, 4.69) is 16.0 Å². The Kier molecular flexibility index (Phi) is 8.23. The number of carbonyl (C=O) groups excluding carboxylic acids is 1. The number of rotatable bonds is 10. The summed E-state index contributed by atoms with van der Waals surface area (Å²) in [4.78, 5) is 17.6. The molecule has 1 heterocycles. The number of benzene rings is 3. The van der Waals surface area contributed by atoms with Crippen LogP contribution in [0.3, 0.4) is 0 Å². The number of imidazole rings is 1. The number of aromatic nitrogens is 2. The second kappa shape index (κ2) is 11.5. The smallest absolute Gasteiger partial charge is 0.251 e. The van der Waals surface area contributed by atoms with Crippen molar-refractivity contribution in [3.8, 4) is 17.2 Å². The van der Waals surface area contributed by atoms with Crippen LogP contribution in [0.2, 0.25) is 10.0 Å². The fourth-order valence-electron chi connectivity index (χ4n) is 4.08. The van der Waals surface area contributed by atoms with Gasteiger partial charge in [0.25, 0.3) is 5.91 Å². The van der Waals surface area contributed by atoms with E-state index >= 15 is 0 Å². The maximum atomic E-state index is 12.8. The highest BCUT2D eigenvalue weighted by Crippen LogP contribution is 2.38. The molecule has 0 bridgehead atoms. The summed E-state index contributed by atoms with van der Waals surface area (Å²) >= 11 is 12.3. The van der Waals surface area contributed by atoms with E-state index in [1.54, 1.807) is 18.2 Å². The van der Waals surface area contributed by atoms with Gasteiger partial charge in [-0.15, -0.1) is 0 Å². The molecular weight excluding hydrogens is 501 g/mol. The molecule has 0 saturated carbocycles. The van der Waals surface area contributed by atoms with Gasteiger partial charge in [-0.05, 0) is 48.4 Å². The van der Waals surface area contributed by atoms with Crippen molar-refractivity contribution < 1.29 is 19.0 Å². The van der Waals surface area contributed by atoms with Gasteiger partial charge in [-0.1, -0.05) is 41.4 Å². The summed E-state index contributed by atoms with van der Waals surface area (Å²) in [5, 5.41) is 4.02. The molecule has 3 aromatic carbocycles. The minimum absolute atomic E-state index is 0.224. The Morgan fingerprint density at radius 1 is 0.944 bits per heavy atom. The van der Waals surface area contributed by atoms with E-state index in [4.69, 9.17) is 42.4 Å². The van der Waals surface area contributed by atoms with Crippen LogP contribution in [0.25, 0.3) is 11.0 Å². The lowest BCUT2D eigenvalue weighted by atomic mass is 10.1. The first-order valence-electron chi connectivity index (χ1n) is 11.4. The van der Waals surface area contributed by atoms with Gasteiger partial charge in [0.2, 0.25) is 5.75 Å². The summed E-state index contributed by atoms with van der Waals surface area (Å²) in [6, 6.07) is 16.9. The van der Waals surface area contributed by atoms with Crippen LogP contribution in [0.15, 0.2) is 54.6 Å². The number of hydrogen-bond acceptors (Lipinski definition) is 5. The third-order valence-electron chi connectivity index (χ3n) is 5.85. The van der Waals surface area contributed by atoms with Crippen LogP contribution in [0, 0.1) is 0 Å². The van der Waals surface area contributed by atoms with Gasteiger partial charge < -0.3 is 24.1 Å². The molecule has 0 aliphatic carbocycles. The molecule has 9 heteroatoms. The Morgan fingerprint density at radius 2 is 1.67 bits per heavy atom. The van der Waals surface area contributed by atoms with Gasteiger partial charge in [0, 0.05) is 25.1 Å². The second-order valence-electron chi connectivity index (χ2n) is 8.12. The Bertz CT molecular complexity index is 1360. The number of hydrogen-bond donors (Lipinski definition) is 1. The summed E-state index contributed by atoms with van der Waals surface area (Å²) in [5.41, 5.74) is 3.43. The molecular formula is C27H27Cl2N3O4. The number of ether oxygens (including phenoxy) is 3. The van der Waals surface area contributed by atoms with Gasteiger partial charge in [0.05, 0.1) is 42.4 Å². The molecule has 1 N–H and O–H groups in total. The third kappa shape index (κ3) is 5.53. The number of amides is 1. The molecule has 7 nitrogen and oxygen atoms in total. The number of nitrogens with one attached hydrogen (secondary N) is 1.